The summed E-state index contributed by atoms with van der Waals surface area (Å²) in [5, 5.41) is 14.7. The lowest BCUT2D eigenvalue weighted by Gasteiger charge is -2.44. The number of benzene rings is 2. The molecule has 10 heteroatoms. The minimum Gasteiger partial charge on any atom is -0.459 e. The summed E-state index contributed by atoms with van der Waals surface area (Å²) in [7, 11) is 0. The Morgan fingerprint density at radius 1 is 1.03 bits per heavy atom. The Bertz CT molecular complexity index is 1170. The van der Waals surface area contributed by atoms with Gasteiger partial charge in [0.25, 0.3) is 0 Å². The van der Waals surface area contributed by atoms with E-state index in [4.69, 9.17) is 16.0 Å². The van der Waals surface area contributed by atoms with Crippen molar-refractivity contribution >= 4 is 23.4 Å². The van der Waals surface area contributed by atoms with E-state index < -0.39 is 35.7 Å². The molecule has 3 N–H and O–H groups in total. The van der Waals surface area contributed by atoms with Crippen LogP contribution < -0.4 is 10.6 Å². The van der Waals surface area contributed by atoms with E-state index in [1.54, 1.807) is 30.3 Å². The summed E-state index contributed by atoms with van der Waals surface area (Å²) in [6, 6.07) is 13.7. The lowest BCUT2D eigenvalue weighted by molar-refractivity contribution is -0.288. The highest BCUT2D eigenvalue weighted by atomic mass is 35.5. The Morgan fingerprint density at radius 3 is 2.34 bits per heavy atom. The number of nitrogens with one attached hydrogen (secondary N) is 2. The van der Waals surface area contributed by atoms with Crippen LogP contribution in [0.4, 0.5) is 18.0 Å². The zero-order valence-corrected chi connectivity index (χ0v) is 16.9. The number of halogens is 4. The summed E-state index contributed by atoms with van der Waals surface area (Å²) in [6.45, 7) is 0. The maximum absolute atomic E-state index is 13.9. The molecule has 2 aromatic carbocycles. The average molecular weight is 465 g/mol. The second-order valence-corrected chi connectivity index (χ2v) is 7.64. The summed E-state index contributed by atoms with van der Waals surface area (Å²) in [4.78, 5) is 25.3. The third kappa shape index (κ3) is 3.74. The number of hydrogen-bond acceptors (Lipinski definition) is 4. The number of carbonyl (C=O) groups is 2. The van der Waals surface area contributed by atoms with E-state index in [2.05, 4.69) is 5.32 Å². The van der Waals surface area contributed by atoms with E-state index in [1.165, 1.54) is 41.7 Å². The fourth-order valence-electron chi connectivity index (χ4n) is 3.68. The molecule has 0 unspecified atom stereocenters. The van der Waals surface area contributed by atoms with E-state index in [0.717, 1.165) is 0 Å². The number of hydrogen-bond donors (Lipinski definition) is 3. The molecule has 1 aliphatic rings. The standard InChI is InChI=1S/C22H16ClF3N2O4/c23-14-9-5-4-8-13(14)15-10-11-16(32-15)18-17(19(29)12-6-2-1-3-7-12)21(31,22(24,25)26)28-20(30)27-18/h1-11,17-18,31H,(H2,27,28,30)/t17-,18-,21-/m0/s1. The fourth-order valence-corrected chi connectivity index (χ4v) is 3.91. The molecule has 166 valence electrons. The number of amides is 2. The second-order valence-electron chi connectivity index (χ2n) is 7.23. The molecule has 1 saturated heterocycles. The van der Waals surface area contributed by atoms with Crippen LogP contribution in [0.3, 0.4) is 0 Å². The quantitative estimate of drug-likeness (QED) is 0.488. The third-order valence-electron chi connectivity index (χ3n) is 5.22. The van der Waals surface area contributed by atoms with Gasteiger partial charge in [0, 0.05) is 11.1 Å². The molecule has 0 bridgehead atoms. The van der Waals surface area contributed by atoms with Crippen LogP contribution in [-0.2, 0) is 0 Å². The molecule has 2 amide bonds. The summed E-state index contributed by atoms with van der Waals surface area (Å²) < 4.78 is 47.5. The fraction of sp³-hybridized carbons (Fsp3) is 0.182. The van der Waals surface area contributed by atoms with Crippen molar-refractivity contribution in [2.75, 3.05) is 0 Å². The smallest absolute Gasteiger partial charge is 0.437 e. The van der Waals surface area contributed by atoms with Crippen molar-refractivity contribution in [2.24, 2.45) is 5.92 Å². The maximum atomic E-state index is 13.9. The molecule has 1 aromatic heterocycles. The van der Waals surface area contributed by atoms with Crippen molar-refractivity contribution in [2.45, 2.75) is 17.9 Å². The van der Waals surface area contributed by atoms with Gasteiger partial charge >= 0.3 is 12.2 Å². The first kappa shape index (κ1) is 21.9. The minimum atomic E-state index is -5.35. The molecule has 6 nitrogen and oxygen atoms in total. The summed E-state index contributed by atoms with van der Waals surface area (Å²) >= 11 is 6.16. The number of furan rings is 1. The van der Waals surface area contributed by atoms with Crippen LogP contribution in [0, 0.1) is 5.92 Å². The van der Waals surface area contributed by atoms with Gasteiger partial charge in [-0.05, 0) is 24.3 Å². The molecular formula is C22H16ClF3N2O4. The van der Waals surface area contributed by atoms with Gasteiger partial charge in [-0.2, -0.15) is 13.2 Å². The van der Waals surface area contributed by atoms with Crippen LogP contribution in [0.25, 0.3) is 11.3 Å². The van der Waals surface area contributed by atoms with Gasteiger partial charge in [0.1, 0.15) is 23.5 Å². The number of carbonyl (C=O) groups excluding carboxylic acids is 2. The van der Waals surface area contributed by atoms with Gasteiger partial charge in [-0.3, -0.25) is 4.79 Å². The number of rotatable bonds is 4. The van der Waals surface area contributed by atoms with Gasteiger partial charge in [0.05, 0.1) is 5.02 Å². The van der Waals surface area contributed by atoms with E-state index in [0.29, 0.717) is 10.6 Å². The Kier molecular flexibility index (Phi) is 5.47. The van der Waals surface area contributed by atoms with Crippen molar-refractivity contribution in [1.82, 2.24) is 10.6 Å². The highest BCUT2D eigenvalue weighted by Crippen LogP contribution is 2.45. The summed E-state index contributed by atoms with van der Waals surface area (Å²) in [5.41, 5.74) is -3.43. The van der Waals surface area contributed by atoms with Crippen LogP contribution in [0.5, 0.6) is 0 Å². The molecule has 4 rings (SSSR count). The van der Waals surface area contributed by atoms with Crippen LogP contribution in [0.1, 0.15) is 22.2 Å². The Hall–Kier alpha value is -3.30. The second kappa shape index (κ2) is 7.99. The molecule has 3 atom stereocenters. The SMILES string of the molecule is O=C1N[C@@H](c2ccc(-c3ccccc3Cl)o2)[C@@H](C(=O)c2ccccc2)[C@](O)(C(F)(F)F)N1. The normalized spacial score (nSPS) is 23.3. The Labute approximate surface area is 185 Å². The molecule has 1 fully saturated rings. The maximum Gasteiger partial charge on any atom is 0.437 e. The monoisotopic (exact) mass is 464 g/mol. The van der Waals surface area contributed by atoms with Gasteiger partial charge in [0.15, 0.2) is 5.78 Å². The number of Topliss-reactive ketones (excluding diaryl/α,β-unsaturated/α-hetero) is 1. The topological polar surface area (TPSA) is 91.6 Å². The number of urea groups is 1. The molecule has 1 aliphatic heterocycles. The van der Waals surface area contributed by atoms with Crippen LogP contribution >= 0.6 is 11.6 Å². The van der Waals surface area contributed by atoms with Crippen molar-refractivity contribution in [3.05, 3.63) is 83.1 Å². The first-order chi connectivity index (χ1) is 15.1. The highest BCUT2D eigenvalue weighted by molar-refractivity contribution is 6.33. The van der Waals surface area contributed by atoms with E-state index in [9.17, 15) is 27.9 Å². The van der Waals surface area contributed by atoms with Crippen molar-refractivity contribution in [3.8, 4) is 11.3 Å². The molecule has 0 spiro atoms. The zero-order chi connectivity index (χ0) is 23.1. The predicted molar refractivity (Wildman–Crippen MR) is 109 cm³/mol. The predicted octanol–water partition coefficient (Wildman–Crippen LogP) is 4.70. The first-order valence-electron chi connectivity index (χ1n) is 9.43. The molecular weight excluding hydrogens is 449 g/mol. The van der Waals surface area contributed by atoms with Crippen LogP contribution in [-0.4, -0.2) is 28.8 Å². The van der Waals surface area contributed by atoms with Gasteiger partial charge in [0.2, 0.25) is 5.72 Å². The lowest BCUT2D eigenvalue weighted by atomic mass is 9.79. The van der Waals surface area contributed by atoms with E-state index >= 15 is 0 Å². The molecule has 0 aliphatic carbocycles. The summed E-state index contributed by atoms with van der Waals surface area (Å²) in [5.74, 6) is -3.13. The molecule has 3 aromatic rings. The molecule has 0 saturated carbocycles. The first-order valence-corrected chi connectivity index (χ1v) is 9.81. The Balaban J connectivity index is 1.82. The van der Waals surface area contributed by atoms with Gasteiger partial charge < -0.3 is 20.2 Å². The van der Waals surface area contributed by atoms with Gasteiger partial charge in [-0.25, -0.2) is 4.79 Å². The average Bonchev–Trinajstić information content (AvgIpc) is 3.23. The van der Waals surface area contributed by atoms with Gasteiger partial charge in [-0.1, -0.05) is 54.1 Å². The number of aliphatic hydroxyl groups is 1. The third-order valence-corrected chi connectivity index (χ3v) is 5.55. The van der Waals surface area contributed by atoms with Crippen molar-refractivity contribution < 1.29 is 32.3 Å². The molecule has 32 heavy (non-hydrogen) atoms. The van der Waals surface area contributed by atoms with Crippen LogP contribution in [0.15, 0.2) is 71.1 Å². The molecule has 2 heterocycles. The van der Waals surface area contributed by atoms with Crippen LogP contribution in [0.2, 0.25) is 5.02 Å². The van der Waals surface area contributed by atoms with Gasteiger partial charge in [-0.15, -0.1) is 0 Å². The number of ketones is 1. The highest BCUT2D eigenvalue weighted by Gasteiger charge is 2.66. The molecule has 0 radical (unpaired) electrons. The Morgan fingerprint density at radius 2 is 1.69 bits per heavy atom. The lowest BCUT2D eigenvalue weighted by Crippen LogP contribution is -2.72. The zero-order valence-electron chi connectivity index (χ0n) is 16.2. The minimum absolute atomic E-state index is 0.0685. The van der Waals surface area contributed by atoms with E-state index in [1.807, 2.05) is 0 Å². The largest absolute Gasteiger partial charge is 0.459 e. The number of alkyl halides is 3. The summed E-state index contributed by atoms with van der Waals surface area (Å²) in [6.07, 6.45) is -5.35. The van der Waals surface area contributed by atoms with Crippen molar-refractivity contribution in [1.29, 1.82) is 0 Å². The van der Waals surface area contributed by atoms with E-state index in [-0.39, 0.29) is 17.1 Å². The van der Waals surface area contributed by atoms with Crippen molar-refractivity contribution in [3.63, 3.8) is 0 Å².